The van der Waals surface area contributed by atoms with Crippen LogP contribution in [0.5, 0.6) is 5.75 Å². The highest BCUT2D eigenvalue weighted by molar-refractivity contribution is 7.08. The molecule has 152 valence electrons. The molecule has 0 aliphatic heterocycles. The molecule has 0 saturated carbocycles. The number of amides is 1. The molecule has 0 bridgehead atoms. The van der Waals surface area contributed by atoms with Gasteiger partial charge in [-0.25, -0.2) is 0 Å². The molecule has 1 amide bonds. The van der Waals surface area contributed by atoms with Crippen molar-refractivity contribution in [3.8, 4) is 17.1 Å². The summed E-state index contributed by atoms with van der Waals surface area (Å²) in [5.74, 6) is 1.68. The number of carbonyl (C=O) groups excluding carboxylic acids is 1. The minimum Gasteiger partial charge on any atom is -0.497 e. The van der Waals surface area contributed by atoms with Gasteiger partial charge in [-0.2, -0.15) is 16.3 Å². The summed E-state index contributed by atoms with van der Waals surface area (Å²) in [4.78, 5) is 17.1. The van der Waals surface area contributed by atoms with Gasteiger partial charge in [-0.1, -0.05) is 47.6 Å². The quantitative estimate of drug-likeness (QED) is 0.450. The second-order valence-corrected chi connectivity index (χ2v) is 7.49. The second kappa shape index (κ2) is 9.37. The number of hydrogen-bond acceptors (Lipinski definition) is 6. The number of nitrogens with one attached hydrogen (secondary N) is 1. The molecular formula is C23H21N3O3S. The van der Waals surface area contributed by atoms with E-state index >= 15 is 0 Å². The number of benzene rings is 2. The summed E-state index contributed by atoms with van der Waals surface area (Å²) in [6.07, 6.45) is 0.637. The summed E-state index contributed by atoms with van der Waals surface area (Å²) < 4.78 is 10.5. The summed E-state index contributed by atoms with van der Waals surface area (Å²) in [7, 11) is 1.63. The van der Waals surface area contributed by atoms with Crippen molar-refractivity contribution in [3.05, 3.63) is 88.4 Å². The number of nitrogens with zero attached hydrogens (tertiary/aromatic N) is 2. The molecule has 4 rings (SSSR count). The Labute approximate surface area is 178 Å². The number of aryl methyl sites for hydroxylation is 1. The average molecular weight is 420 g/mol. The fourth-order valence-electron chi connectivity index (χ4n) is 3.12. The Morgan fingerprint density at radius 3 is 2.57 bits per heavy atom. The number of methoxy groups -OCH3 is 1. The monoisotopic (exact) mass is 419 g/mol. The van der Waals surface area contributed by atoms with Crippen LogP contribution in [0.4, 0.5) is 0 Å². The number of rotatable bonds is 8. The van der Waals surface area contributed by atoms with E-state index in [-0.39, 0.29) is 18.4 Å². The van der Waals surface area contributed by atoms with Crippen molar-refractivity contribution in [2.75, 3.05) is 7.11 Å². The predicted octanol–water partition coefficient (Wildman–Crippen LogP) is 4.65. The predicted molar refractivity (Wildman–Crippen MR) is 115 cm³/mol. The first-order chi connectivity index (χ1) is 14.7. The Hall–Kier alpha value is -3.45. The number of ether oxygens (including phenoxy) is 1. The van der Waals surface area contributed by atoms with Gasteiger partial charge in [0.1, 0.15) is 5.75 Å². The lowest BCUT2D eigenvalue weighted by Crippen LogP contribution is -2.29. The zero-order chi connectivity index (χ0) is 20.8. The van der Waals surface area contributed by atoms with Gasteiger partial charge in [-0.3, -0.25) is 4.79 Å². The van der Waals surface area contributed by atoms with Gasteiger partial charge in [0.05, 0.1) is 13.2 Å². The van der Waals surface area contributed by atoms with E-state index in [1.54, 1.807) is 18.4 Å². The Balaban J connectivity index is 1.44. The molecule has 0 aliphatic rings. The first-order valence-electron chi connectivity index (χ1n) is 9.56. The Morgan fingerprint density at radius 2 is 1.87 bits per heavy atom. The van der Waals surface area contributed by atoms with E-state index in [4.69, 9.17) is 9.26 Å². The van der Waals surface area contributed by atoms with Crippen molar-refractivity contribution in [1.82, 2.24) is 15.5 Å². The lowest BCUT2D eigenvalue weighted by atomic mass is 9.98. The minimum atomic E-state index is -0.256. The third-order valence-electron chi connectivity index (χ3n) is 4.70. The highest BCUT2D eigenvalue weighted by atomic mass is 32.1. The summed E-state index contributed by atoms with van der Waals surface area (Å²) >= 11 is 1.57. The SMILES string of the molecule is COc1ccc(C(NC(=O)CCc2nc(-c3ccsc3)no2)c2ccccc2)cc1. The van der Waals surface area contributed by atoms with E-state index in [1.165, 1.54) is 0 Å². The van der Waals surface area contributed by atoms with Crippen LogP contribution in [-0.2, 0) is 11.2 Å². The maximum absolute atomic E-state index is 12.7. The molecule has 2 heterocycles. The molecule has 1 unspecified atom stereocenters. The molecule has 7 heteroatoms. The van der Waals surface area contributed by atoms with E-state index in [0.717, 1.165) is 22.4 Å². The van der Waals surface area contributed by atoms with E-state index in [2.05, 4.69) is 15.5 Å². The van der Waals surface area contributed by atoms with Crippen LogP contribution in [-0.4, -0.2) is 23.2 Å². The maximum atomic E-state index is 12.7. The van der Waals surface area contributed by atoms with Gasteiger partial charge in [0.2, 0.25) is 17.6 Å². The summed E-state index contributed by atoms with van der Waals surface area (Å²) in [5, 5.41) is 11.0. The Morgan fingerprint density at radius 1 is 1.10 bits per heavy atom. The Kier molecular flexibility index (Phi) is 6.20. The van der Waals surface area contributed by atoms with Crippen molar-refractivity contribution < 1.29 is 14.1 Å². The summed E-state index contributed by atoms with van der Waals surface area (Å²) in [6, 6.07) is 19.3. The molecule has 30 heavy (non-hydrogen) atoms. The fraction of sp³-hybridized carbons (Fsp3) is 0.174. The van der Waals surface area contributed by atoms with Crippen LogP contribution < -0.4 is 10.1 Å². The first-order valence-corrected chi connectivity index (χ1v) is 10.5. The molecule has 0 fully saturated rings. The van der Waals surface area contributed by atoms with E-state index in [0.29, 0.717) is 18.1 Å². The molecule has 4 aromatic rings. The minimum absolute atomic E-state index is 0.0880. The summed E-state index contributed by atoms with van der Waals surface area (Å²) in [5.41, 5.74) is 2.91. The van der Waals surface area contributed by atoms with Gasteiger partial charge in [0.15, 0.2) is 0 Å². The molecule has 0 spiro atoms. The van der Waals surface area contributed by atoms with Crippen molar-refractivity contribution in [2.24, 2.45) is 0 Å². The smallest absolute Gasteiger partial charge is 0.227 e. The highest BCUT2D eigenvalue weighted by Gasteiger charge is 2.18. The largest absolute Gasteiger partial charge is 0.497 e. The topological polar surface area (TPSA) is 77.2 Å². The average Bonchev–Trinajstić information content (AvgIpc) is 3.49. The standard InChI is InChI=1S/C23H21N3O3S/c1-28-19-9-7-17(8-10-19)22(16-5-3-2-4-6-16)24-20(27)11-12-21-25-23(26-29-21)18-13-14-30-15-18/h2-10,13-15,22H,11-12H2,1H3,(H,24,27). The lowest BCUT2D eigenvalue weighted by molar-refractivity contribution is -0.121. The van der Waals surface area contributed by atoms with Crippen molar-refractivity contribution in [1.29, 1.82) is 0 Å². The Bertz CT molecular complexity index is 1080. The van der Waals surface area contributed by atoms with Crippen molar-refractivity contribution >= 4 is 17.2 Å². The van der Waals surface area contributed by atoms with Gasteiger partial charge in [0, 0.05) is 23.8 Å². The molecule has 2 aromatic heterocycles. The molecule has 0 aliphatic carbocycles. The van der Waals surface area contributed by atoms with Gasteiger partial charge in [-0.15, -0.1) is 0 Å². The van der Waals surface area contributed by atoms with Crippen molar-refractivity contribution in [3.63, 3.8) is 0 Å². The molecule has 1 atom stereocenters. The third kappa shape index (κ3) is 4.75. The van der Waals surface area contributed by atoms with Crippen LogP contribution in [0.1, 0.15) is 29.5 Å². The number of carbonyl (C=O) groups is 1. The van der Waals surface area contributed by atoms with Crippen LogP contribution in [0.15, 0.2) is 75.9 Å². The van der Waals surface area contributed by atoms with E-state index < -0.39 is 0 Å². The number of aromatic nitrogens is 2. The van der Waals surface area contributed by atoms with Crippen LogP contribution in [0.2, 0.25) is 0 Å². The van der Waals surface area contributed by atoms with Gasteiger partial charge in [0.25, 0.3) is 0 Å². The normalized spacial score (nSPS) is 11.8. The fourth-order valence-corrected chi connectivity index (χ4v) is 3.75. The molecular weight excluding hydrogens is 398 g/mol. The molecule has 6 nitrogen and oxygen atoms in total. The van der Waals surface area contributed by atoms with Crippen LogP contribution >= 0.6 is 11.3 Å². The number of hydrogen-bond donors (Lipinski definition) is 1. The molecule has 1 N–H and O–H groups in total. The lowest BCUT2D eigenvalue weighted by Gasteiger charge is -2.20. The first kappa shape index (κ1) is 19.8. The van der Waals surface area contributed by atoms with Crippen molar-refractivity contribution in [2.45, 2.75) is 18.9 Å². The van der Waals surface area contributed by atoms with Crippen LogP contribution in [0.25, 0.3) is 11.4 Å². The molecule has 2 aromatic carbocycles. The third-order valence-corrected chi connectivity index (χ3v) is 5.38. The maximum Gasteiger partial charge on any atom is 0.227 e. The number of thiophene rings is 1. The van der Waals surface area contributed by atoms with Gasteiger partial charge < -0.3 is 14.6 Å². The second-order valence-electron chi connectivity index (χ2n) is 6.71. The molecule has 0 saturated heterocycles. The zero-order valence-electron chi connectivity index (χ0n) is 16.4. The zero-order valence-corrected chi connectivity index (χ0v) is 17.3. The molecule has 0 radical (unpaired) electrons. The summed E-state index contributed by atoms with van der Waals surface area (Å²) in [6.45, 7) is 0. The van der Waals surface area contributed by atoms with Gasteiger partial charge in [-0.05, 0) is 34.7 Å². The van der Waals surface area contributed by atoms with Crippen LogP contribution in [0, 0.1) is 0 Å². The van der Waals surface area contributed by atoms with Crippen LogP contribution in [0.3, 0.4) is 0 Å². The highest BCUT2D eigenvalue weighted by Crippen LogP contribution is 2.24. The van der Waals surface area contributed by atoms with E-state index in [9.17, 15) is 4.79 Å². The van der Waals surface area contributed by atoms with E-state index in [1.807, 2.05) is 71.4 Å². The van der Waals surface area contributed by atoms with Gasteiger partial charge >= 0.3 is 0 Å².